The van der Waals surface area contributed by atoms with Crippen LogP contribution in [0.5, 0.6) is 0 Å². The summed E-state index contributed by atoms with van der Waals surface area (Å²) in [6.45, 7) is 4.96. The SMILES string of the molecule is CCCCN(Cc1cccc(C#CCN)c1)C1CC1. The second-order valence-electron chi connectivity index (χ2n) is 5.26. The van der Waals surface area contributed by atoms with Crippen LogP contribution in [0.3, 0.4) is 0 Å². The Bertz CT molecular complexity index is 452. The quantitative estimate of drug-likeness (QED) is 0.793. The van der Waals surface area contributed by atoms with E-state index in [1.807, 2.05) is 0 Å². The second-order valence-corrected chi connectivity index (χ2v) is 5.26. The number of hydrogen-bond donors (Lipinski definition) is 1. The van der Waals surface area contributed by atoms with Crippen molar-refractivity contribution in [3.63, 3.8) is 0 Å². The van der Waals surface area contributed by atoms with Crippen molar-refractivity contribution in [2.75, 3.05) is 13.1 Å². The molecule has 1 fully saturated rings. The van der Waals surface area contributed by atoms with Gasteiger partial charge >= 0.3 is 0 Å². The molecule has 0 saturated heterocycles. The number of nitrogens with two attached hydrogens (primary N) is 1. The summed E-state index contributed by atoms with van der Waals surface area (Å²) in [5.41, 5.74) is 7.86. The van der Waals surface area contributed by atoms with Gasteiger partial charge in [-0.05, 0) is 43.5 Å². The maximum atomic E-state index is 5.42. The van der Waals surface area contributed by atoms with Crippen LogP contribution in [-0.4, -0.2) is 24.0 Å². The van der Waals surface area contributed by atoms with Gasteiger partial charge < -0.3 is 5.73 Å². The van der Waals surface area contributed by atoms with Crippen LogP contribution in [0.25, 0.3) is 0 Å². The van der Waals surface area contributed by atoms with Crippen LogP contribution >= 0.6 is 0 Å². The van der Waals surface area contributed by atoms with Crippen LogP contribution in [0, 0.1) is 11.8 Å². The molecule has 0 atom stereocenters. The lowest BCUT2D eigenvalue weighted by Crippen LogP contribution is -2.26. The number of rotatable bonds is 6. The smallest absolute Gasteiger partial charge is 0.0555 e. The summed E-state index contributed by atoms with van der Waals surface area (Å²) >= 11 is 0. The van der Waals surface area contributed by atoms with Gasteiger partial charge in [0.1, 0.15) is 0 Å². The van der Waals surface area contributed by atoms with Crippen LogP contribution in [0.15, 0.2) is 24.3 Å². The van der Waals surface area contributed by atoms with E-state index in [9.17, 15) is 0 Å². The minimum atomic E-state index is 0.426. The van der Waals surface area contributed by atoms with E-state index < -0.39 is 0 Å². The van der Waals surface area contributed by atoms with Crippen molar-refractivity contribution in [2.24, 2.45) is 5.73 Å². The average Bonchev–Trinajstić information content (AvgIpc) is 3.26. The molecule has 102 valence electrons. The zero-order chi connectivity index (χ0) is 13.5. The van der Waals surface area contributed by atoms with Crippen molar-refractivity contribution in [1.82, 2.24) is 4.90 Å². The molecule has 0 amide bonds. The molecule has 0 aliphatic heterocycles. The molecule has 0 bridgehead atoms. The van der Waals surface area contributed by atoms with E-state index in [2.05, 4.69) is 47.9 Å². The van der Waals surface area contributed by atoms with E-state index in [4.69, 9.17) is 5.73 Å². The molecule has 2 N–H and O–H groups in total. The highest BCUT2D eigenvalue weighted by atomic mass is 15.2. The first-order chi connectivity index (χ1) is 9.33. The van der Waals surface area contributed by atoms with Crippen LogP contribution in [-0.2, 0) is 6.54 Å². The number of benzene rings is 1. The summed E-state index contributed by atoms with van der Waals surface area (Å²) in [6, 6.07) is 9.38. The Kier molecular flexibility index (Phi) is 5.44. The van der Waals surface area contributed by atoms with Gasteiger partial charge in [-0.3, -0.25) is 4.90 Å². The molecule has 0 aromatic heterocycles. The Morgan fingerprint density at radius 3 is 2.89 bits per heavy atom. The first kappa shape index (κ1) is 14.1. The third kappa shape index (κ3) is 4.70. The molecule has 0 unspecified atom stereocenters. The molecule has 1 aliphatic rings. The molecular formula is C17H24N2. The fourth-order valence-electron chi connectivity index (χ4n) is 2.33. The number of unbranched alkanes of at least 4 members (excludes halogenated alkanes) is 1. The summed E-state index contributed by atoms with van der Waals surface area (Å²) < 4.78 is 0. The summed E-state index contributed by atoms with van der Waals surface area (Å²) in [4.78, 5) is 2.62. The van der Waals surface area contributed by atoms with Gasteiger partial charge in [-0.25, -0.2) is 0 Å². The van der Waals surface area contributed by atoms with E-state index in [-0.39, 0.29) is 0 Å². The highest BCUT2D eigenvalue weighted by Crippen LogP contribution is 2.28. The third-order valence-corrected chi connectivity index (χ3v) is 3.51. The van der Waals surface area contributed by atoms with Gasteiger partial charge in [0.05, 0.1) is 6.54 Å². The van der Waals surface area contributed by atoms with Crippen molar-refractivity contribution in [3.05, 3.63) is 35.4 Å². The Hall–Kier alpha value is -1.30. The topological polar surface area (TPSA) is 29.3 Å². The van der Waals surface area contributed by atoms with Gasteiger partial charge in [0.2, 0.25) is 0 Å². The van der Waals surface area contributed by atoms with E-state index in [0.717, 1.165) is 18.2 Å². The molecule has 1 saturated carbocycles. The zero-order valence-corrected chi connectivity index (χ0v) is 11.9. The van der Waals surface area contributed by atoms with Crippen LogP contribution in [0.2, 0.25) is 0 Å². The Labute approximate surface area is 117 Å². The Morgan fingerprint density at radius 1 is 1.37 bits per heavy atom. The lowest BCUT2D eigenvalue weighted by molar-refractivity contribution is 0.250. The minimum absolute atomic E-state index is 0.426. The fraction of sp³-hybridized carbons (Fsp3) is 0.529. The van der Waals surface area contributed by atoms with Crippen LogP contribution in [0.1, 0.15) is 43.7 Å². The highest BCUT2D eigenvalue weighted by Gasteiger charge is 2.28. The average molecular weight is 256 g/mol. The normalized spacial score (nSPS) is 14.3. The molecule has 0 radical (unpaired) electrons. The maximum Gasteiger partial charge on any atom is 0.0555 e. The molecule has 1 aromatic rings. The third-order valence-electron chi connectivity index (χ3n) is 3.51. The van der Waals surface area contributed by atoms with Crippen molar-refractivity contribution >= 4 is 0 Å². The van der Waals surface area contributed by atoms with E-state index in [1.165, 1.54) is 37.8 Å². The van der Waals surface area contributed by atoms with Crippen molar-refractivity contribution in [1.29, 1.82) is 0 Å². The predicted molar refractivity (Wildman–Crippen MR) is 80.7 cm³/mol. The predicted octanol–water partition coefficient (Wildman–Crippen LogP) is 2.76. The molecule has 0 spiro atoms. The summed E-state index contributed by atoms with van der Waals surface area (Å²) in [6.07, 6.45) is 5.31. The van der Waals surface area contributed by atoms with Crippen molar-refractivity contribution in [2.45, 2.75) is 45.2 Å². The zero-order valence-electron chi connectivity index (χ0n) is 11.9. The van der Waals surface area contributed by atoms with Crippen molar-refractivity contribution in [3.8, 4) is 11.8 Å². The summed E-state index contributed by atoms with van der Waals surface area (Å²) in [5.74, 6) is 6.03. The second kappa shape index (κ2) is 7.33. The largest absolute Gasteiger partial charge is 0.320 e. The minimum Gasteiger partial charge on any atom is -0.320 e. The van der Waals surface area contributed by atoms with E-state index in [1.54, 1.807) is 0 Å². The lowest BCUT2D eigenvalue weighted by Gasteiger charge is -2.21. The Balaban J connectivity index is 1.99. The standard InChI is InChI=1S/C17H24N2/c1-2-3-12-19(17-9-10-17)14-16-7-4-6-15(13-16)8-5-11-18/h4,6-7,13,17H,2-3,9-12,14,18H2,1H3. The summed E-state index contributed by atoms with van der Waals surface area (Å²) in [7, 11) is 0. The van der Waals surface area contributed by atoms with Crippen molar-refractivity contribution < 1.29 is 0 Å². The molecular weight excluding hydrogens is 232 g/mol. The van der Waals surface area contributed by atoms with Gasteiger partial charge in [0.25, 0.3) is 0 Å². The molecule has 2 rings (SSSR count). The number of nitrogens with zero attached hydrogens (tertiary/aromatic N) is 1. The first-order valence-electron chi connectivity index (χ1n) is 7.35. The number of hydrogen-bond acceptors (Lipinski definition) is 2. The molecule has 2 heteroatoms. The molecule has 19 heavy (non-hydrogen) atoms. The summed E-state index contributed by atoms with van der Waals surface area (Å²) in [5, 5.41) is 0. The maximum absolute atomic E-state index is 5.42. The molecule has 0 heterocycles. The monoisotopic (exact) mass is 256 g/mol. The first-order valence-corrected chi connectivity index (χ1v) is 7.35. The van der Waals surface area contributed by atoms with E-state index >= 15 is 0 Å². The van der Waals surface area contributed by atoms with Gasteiger partial charge in [-0.15, -0.1) is 0 Å². The Morgan fingerprint density at radius 2 is 2.21 bits per heavy atom. The fourth-order valence-corrected chi connectivity index (χ4v) is 2.33. The van der Waals surface area contributed by atoms with Gasteiger partial charge in [0, 0.05) is 18.2 Å². The van der Waals surface area contributed by atoms with Gasteiger partial charge in [-0.1, -0.05) is 37.3 Å². The molecule has 1 aliphatic carbocycles. The van der Waals surface area contributed by atoms with Gasteiger partial charge in [0.15, 0.2) is 0 Å². The highest BCUT2D eigenvalue weighted by molar-refractivity contribution is 5.37. The van der Waals surface area contributed by atoms with Crippen LogP contribution < -0.4 is 5.73 Å². The molecule has 2 nitrogen and oxygen atoms in total. The lowest BCUT2D eigenvalue weighted by atomic mass is 10.1. The van der Waals surface area contributed by atoms with E-state index in [0.29, 0.717) is 6.54 Å². The molecule has 1 aromatic carbocycles. The van der Waals surface area contributed by atoms with Crippen LogP contribution in [0.4, 0.5) is 0 Å². The van der Waals surface area contributed by atoms with Gasteiger partial charge in [-0.2, -0.15) is 0 Å².